The molecule has 69 heavy (non-hydrogen) atoms. The zero-order valence-electron chi connectivity index (χ0n) is 39.7. The summed E-state index contributed by atoms with van der Waals surface area (Å²) >= 11 is 1.45. The van der Waals surface area contributed by atoms with Crippen molar-refractivity contribution in [2.45, 2.75) is 94.1 Å². The molecule has 7 atom stereocenters. The molecule has 17 heteroatoms. The lowest BCUT2D eigenvalue weighted by molar-refractivity contribution is -0.157. The topological polar surface area (TPSA) is 188 Å². The maximum atomic E-state index is 15.2. The molecule has 7 aliphatic heterocycles. The van der Waals surface area contributed by atoms with Gasteiger partial charge in [-0.15, -0.1) is 11.8 Å². The molecule has 2 fully saturated rings. The van der Waals surface area contributed by atoms with Crippen LogP contribution in [0.2, 0.25) is 0 Å². The van der Waals surface area contributed by atoms with Crippen molar-refractivity contribution in [3.8, 4) is 46.3 Å². The molecule has 0 amide bonds. The second kappa shape index (κ2) is 17.5. The van der Waals surface area contributed by atoms with Crippen molar-refractivity contribution < 1.29 is 57.4 Å². The number of ether oxygens (including phenoxy) is 8. The molecule has 1 spiro atoms. The monoisotopic (exact) mass is 958 g/mol. The molecule has 2 saturated heterocycles. The van der Waals surface area contributed by atoms with Crippen LogP contribution in [0.3, 0.4) is 0 Å². The van der Waals surface area contributed by atoms with Gasteiger partial charge in [-0.1, -0.05) is 36.4 Å². The molecule has 0 aromatic heterocycles. The third-order valence-electron chi connectivity index (χ3n) is 14.2. The Labute approximate surface area is 404 Å². The second-order valence-corrected chi connectivity index (χ2v) is 20.3. The highest BCUT2D eigenvalue weighted by Gasteiger charge is 2.62. The number of carbonyl (C=O) groups is 3. The number of benzene rings is 4. The van der Waals surface area contributed by atoms with E-state index >= 15 is 4.79 Å². The number of aromatic hydroxyl groups is 1. The number of piperazine rings is 1. The first-order valence-electron chi connectivity index (χ1n) is 22.9. The highest BCUT2D eigenvalue weighted by molar-refractivity contribution is 7.99. The van der Waals surface area contributed by atoms with Crippen LogP contribution in [0.25, 0.3) is 6.08 Å². The van der Waals surface area contributed by atoms with Gasteiger partial charge in [0.2, 0.25) is 6.79 Å². The van der Waals surface area contributed by atoms with Crippen LogP contribution in [0, 0.1) is 25.2 Å². The first-order chi connectivity index (χ1) is 33.1. The van der Waals surface area contributed by atoms with Gasteiger partial charge < -0.3 is 43.0 Å². The number of nitrogens with one attached hydrogen (secondary N) is 1. The SMILES string of the molecule is COc1cc2c(cc1OC(=O)OC(C)(C)C)CCN[C@]21CS[C@@H]2c3c(OC(=O)/C=C\c4ccccc4)c(C)c4c(c3[C@@H](COC1=O)N1C2[C@H]2c3c(cc(C)c(OC)c3O)C[C@@H]([C@@H]1C#N)N2C)OCO4. The Hall–Kier alpha value is -6.45. The fraction of sp³-hybridized carbons (Fsp3) is 0.423. The van der Waals surface area contributed by atoms with Crippen LogP contribution in [0.1, 0.15) is 88.2 Å². The molecule has 0 aliphatic carbocycles. The first kappa shape index (κ1) is 46.3. The summed E-state index contributed by atoms with van der Waals surface area (Å²) in [6, 6.07) is 14.4. The Kier molecular flexibility index (Phi) is 11.7. The van der Waals surface area contributed by atoms with E-state index in [2.05, 4.69) is 21.2 Å². The zero-order valence-corrected chi connectivity index (χ0v) is 40.5. The zero-order chi connectivity index (χ0) is 48.7. The van der Waals surface area contributed by atoms with Crippen molar-refractivity contribution >= 4 is 35.9 Å². The van der Waals surface area contributed by atoms with Gasteiger partial charge in [-0.05, 0) is 101 Å². The number of fused-ring (bicyclic) bond motifs is 9. The molecule has 7 heterocycles. The lowest BCUT2D eigenvalue weighted by atomic mass is 9.71. The maximum Gasteiger partial charge on any atom is 0.514 e. The van der Waals surface area contributed by atoms with Crippen LogP contribution in [0.4, 0.5) is 4.79 Å². The summed E-state index contributed by atoms with van der Waals surface area (Å²) in [5.74, 6) is 0.656. The third kappa shape index (κ3) is 7.59. The number of nitrogens with zero attached hydrogens (tertiary/aromatic N) is 3. The minimum Gasteiger partial charge on any atom is -0.504 e. The van der Waals surface area contributed by atoms with E-state index in [1.54, 1.807) is 39.0 Å². The van der Waals surface area contributed by atoms with Crippen molar-refractivity contribution in [2.75, 3.05) is 47.0 Å². The van der Waals surface area contributed by atoms with Gasteiger partial charge in [-0.25, -0.2) is 14.4 Å². The summed E-state index contributed by atoms with van der Waals surface area (Å²) < 4.78 is 48.4. The molecule has 16 nitrogen and oxygen atoms in total. The standard InChI is InChI=1S/C52H54N4O12S/c1-26-18-30-19-32-33(22-53)56-34-23-63-49(59)52(31-21-35(61-7)36(20-29(31)16-17-54-52)66-50(60)68-51(3,4)5)24-69-48(42(56)41(55(32)6)38(30)43(58)44(26)62-8)40-39(34)47-46(64-25-65-47)27(2)45(40)67-37(57)15-14-28-12-10-9-11-13-28/h9-15,18,20-21,32-34,41-42,48,54,58H,16-17,19,23-25H2,1-8H3/b15-14-/t32-,33-,34+,41+,42?,48+,52+/m0/s1. The lowest BCUT2D eigenvalue weighted by Gasteiger charge is -2.62. The fourth-order valence-corrected chi connectivity index (χ4v) is 13.0. The average Bonchev–Trinajstić information content (AvgIpc) is 3.81. The van der Waals surface area contributed by atoms with Gasteiger partial charge in [0.05, 0.1) is 37.6 Å². The van der Waals surface area contributed by atoms with E-state index in [0.717, 1.165) is 22.3 Å². The minimum atomic E-state index is -1.48. The number of thioether (sulfide) groups is 1. The minimum absolute atomic E-state index is 0.0122. The van der Waals surface area contributed by atoms with E-state index in [9.17, 15) is 20.0 Å². The van der Waals surface area contributed by atoms with Gasteiger partial charge in [0.1, 0.15) is 24.0 Å². The number of hydrogen-bond donors (Lipinski definition) is 2. The number of likely N-dealkylation sites (N-methyl/N-ethyl adjacent to an activating group) is 1. The Bertz CT molecular complexity index is 2860. The number of phenolic OH excluding ortho intramolecular Hbond substituents is 1. The molecule has 4 bridgehead atoms. The average molecular weight is 959 g/mol. The highest BCUT2D eigenvalue weighted by Crippen LogP contribution is 2.64. The Morgan fingerprint density at radius 1 is 0.971 bits per heavy atom. The first-order valence-corrected chi connectivity index (χ1v) is 24.0. The summed E-state index contributed by atoms with van der Waals surface area (Å²) in [4.78, 5) is 46.6. The van der Waals surface area contributed by atoms with Crippen molar-refractivity contribution in [1.82, 2.24) is 15.1 Å². The maximum absolute atomic E-state index is 15.2. The molecule has 0 saturated carbocycles. The van der Waals surface area contributed by atoms with Crippen molar-refractivity contribution in [1.29, 1.82) is 5.26 Å². The number of nitriles is 1. The predicted octanol–water partition coefficient (Wildman–Crippen LogP) is 7.29. The molecule has 11 rings (SSSR count). The van der Waals surface area contributed by atoms with Gasteiger partial charge >= 0.3 is 18.1 Å². The van der Waals surface area contributed by atoms with E-state index in [1.807, 2.05) is 57.3 Å². The van der Waals surface area contributed by atoms with Crippen molar-refractivity contribution in [2.24, 2.45) is 0 Å². The van der Waals surface area contributed by atoms with Crippen LogP contribution in [0.5, 0.6) is 40.2 Å². The predicted molar refractivity (Wildman–Crippen MR) is 253 cm³/mol. The lowest BCUT2D eigenvalue weighted by Crippen LogP contribution is -2.69. The molecule has 4 aromatic carbocycles. The number of phenols is 1. The number of rotatable bonds is 6. The third-order valence-corrected chi connectivity index (χ3v) is 15.6. The second-order valence-electron chi connectivity index (χ2n) is 19.2. The van der Waals surface area contributed by atoms with Crippen LogP contribution >= 0.6 is 11.8 Å². The molecular formula is C52H54N4O12S. The van der Waals surface area contributed by atoms with E-state index in [-0.39, 0.29) is 48.2 Å². The van der Waals surface area contributed by atoms with Gasteiger partial charge in [-0.3, -0.25) is 15.1 Å². The smallest absolute Gasteiger partial charge is 0.504 e. The summed E-state index contributed by atoms with van der Waals surface area (Å²) in [7, 11) is 4.96. The molecule has 0 radical (unpaired) electrons. The van der Waals surface area contributed by atoms with Crippen LogP contribution in [-0.2, 0) is 37.4 Å². The largest absolute Gasteiger partial charge is 0.514 e. The van der Waals surface area contributed by atoms with E-state index in [4.69, 9.17) is 37.9 Å². The van der Waals surface area contributed by atoms with Crippen LogP contribution in [0.15, 0.2) is 54.6 Å². The van der Waals surface area contributed by atoms with E-state index < -0.39 is 58.7 Å². The molecular weight excluding hydrogens is 905 g/mol. The summed E-state index contributed by atoms with van der Waals surface area (Å²) in [5, 5.41) is 26.5. The molecule has 2 N–H and O–H groups in total. The quantitative estimate of drug-likeness (QED) is 0.0848. The van der Waals surface area contributed by atoms with Gasteiger partial charge in [0.15, 0.2) is 40.0 Å². The number of hydrogen-bond acceptors (Lipinski definition) is 17. The normalized spacial score (nSPS) is 25.6. The van der Waals surface area contributed by atoms with Gasteiger partial charge in [-0.2, -0.15) is 5.26 Å². The van der Waals surface area contributed by atoms with Crippen LogP contribution < -0.4 is 33.7 Å². The van der Waals surface area contributed by atoms with Gasteiger partial charge in [0.25, 0.3) is 0 Å². The molecule has 7 aliphatic rings. The van der Waals surface area contributed by atoms with E-state index in [1.165, 1.54) is 32.1 Å². The van der Waals surface area contributed by atoms with Crippen LogP contribution in [-0.4, -0.2) is 104 Å². The van der Waals surface area contributed by atoms with E-state index in [0.29, 0.717) is 64.5 Å². The summed E-state index contributed by atoms with van der Waals surface area (Å²) in [5.41, 5.74) is 3.92. The van der Waals surface area contributed by atoms with Crippen molar-refractivity contribution in [3.63, 3.8) is 0 Å². The molecule has 1 unspecified atom stereocenters. The highest BCUT2D eigenvalue weighted by atomic mass is 32.2. The number of aryl methyl sites for hydroxylation is 1. The molecule has 4 aromatic rings. The summed E-state index contributed by atoms with van der Waals surface area (Å²) in [6.07, 6.45) is 3.09. The van der Waals surface area contributed by atoms with Crippen molar-refractivity contribution in [3.05, 3.63) is 105 Å². The fourth-order valence-electron chi connectivity index (χ4n) is 11.3. The summed E-state index contributed by atoms with van der Waals surface area (Å²) in [6.45, 7) is 8.95. The van der Waals surface area contributed by atoms with Gasteiger partial charge in [0, 0.05) is 52.7 Å². The Morgan fingerprint density at radius 2 is 1.74 bits per heavy atom. The number of esters is 2. The Morgan fingerprint density at radius 3 is 2.46 bits per heavy atom. The number of carbonyl (C=O) groups excluding carboxylic acids is 3. The Balaban J connectivity index is 1.18. The molecule has 360 valence electrons. The number of methoxy groups -OCH3 is 2.